The Kier molecular flexibility index (Phi) is 6.78. The fourth-order valence-corrected chi connectivity index (χ4v) is 7.97. The highest BCUT2D eigenvalue weighted by Gasteiger charge is 2.42. The summed E-state index contributed by atoms with van der Waals surface area (Å²) < 4.78 is 3.42. The molecule has 1 unspecified atom stereocenters. The molecular weight excluding hydrogens is 613 g/mol. The number of imidazole rings is 1. The number of para-hydroxylation sites is 1. The molecule has 1 aliphatic rings. The van der Waals surface area contributed by atoms with Gasteiger partial charge < -0.3 is 0 Å². The zero-order valence-electron chi connectivity index (χ0n) is 28.1. The molecular formula is C45H34N4O. The van der Waals surface area contributed by atoms with E-state index in [1.165, 1.54) is 27.8 Å². The standard InChI is InChI=1S/C45H34N4O/c1-45(32-16-8-5-9-17-32)37-22-11-10-18-34(37)35-20-12-21-36(41(35)45)43-46-38(30-14-6-4-7-15-30)28-39(47-43)31-26-24-29(25-27-31)33-19-13-23-40-42(33)49(3)44(50)48(40)2/h4-28H,1-3H3. The summed E-state index contributed by atoms with van der Waals surface area (Å²) in [5.41, 5.74) is 14.4. The maximum atomic E-state index is 12.8. The third-order valence-electron chi connectivity index (χ3n) is 10.5. The van der Waals surface area contributed by atoms with Crippen molar-refractivity contribution in [2.24, 2.45) is 14.1 Å². The van der Waals surface area contributed by atoms with Crippen LogP contribution in [0.3, 0.4) is 0 Å². The Balaban J connectivity index is 1.23. The van der Waals surface area contributed by atoms with E-state index in [2.05, 4.69) is 128 Å². The van der Waals surface area contributed by atoms with Gasteiger partial charge in [-0.05, 0) is 52.4 Å². The second-order valence-electron chi connectivity index (χ2n) is 13.2. The maximum absolute atomic E-state index is 12.8. The molecule has 1 atom stereocenters. The van der Waals surface area contributed by atoms with E-state index in [0.717, 1.165) is 50.2 Å². The van der Waals surface area contributed by atoms with Crippen LogP contribution in [0.5, 0.6) is 0 Å². The van der Waals surface area contributed by atoms with Gasteiger partial charge in [0.05, 0.1) is 22.4 Å². The molecule has 0 saturated carbocycles. The molecule has 0 saturated heterocycles. The van der Waals surface area contributed by atoms with E-state index in [4.69, 9.17) is 9.97 Å². The van der Waals surface area contributed by atoms with Crippen LogP contribution >= 0.6 is 0 Å². The highest BCUT2D eigenvalue weighted by Crippen LogP contribution is 2.55. The van der Waals surface area contributed by atoms with Gasteiger partial charge in [0.2, 0.25) is 0 Å². The van der Waals surface area contributed by atoms with Crippen LogP contribution in [0.2, 0.25) is 0 Å². The van der Waals surface area contributed by atoms with Crippen molar-refractivity contribution in [3.05, 3.63) is 179 Å². The van der Waals surface area contributed by atoms with Crippen molar-refractivity contribution in [1.82, 2.24) is 19.1 Å². The Hall–Kier alpha value is -6.33. The summed E-state index contributed by atoms with van der Waals surface area (Å²) in [5, 5.41) is 0. The molecule has 0 spiro atoms. The predicted molar refractivity (Wildman–Crippen MR) is 203 cm³/mol. The van der Waals surface area contributed by atoms with Gasteiger partial charge in [-0.3, -0.25) is 9.13 Å². The van der Waals surface area contributed by atoms with Crippen LogP contribution in [0.25, 0.3) is 67.2 Å². The van der Waals surface area contributed by atoms with Crippen LogP contribution in [0.15, 0.2) is 156 Å². The third kappa shape index (κ3) is 4.43. The molecule has 9 rings (SSSR count). The topological polar surface area (TPSA) is 52.7 Å². The van der Waals surface area contributed by atoms with Crippen LogP contribution in [-0.2, 0) is 19.5 Å². The summed E-state index contributed by atoms with van der Waals surface area (Å²) in [6.45, 7) is 2.33. The molecule has 6 aromatic carbocycles. The number of nitrogens with zero attached hydrogens (tertiary/aromatic N) is 4. The molecule has 8 aromatic rings. The zero-order chi connectivity index (χ0) is 34.0. The number of benzene rings is 6. The molecule has 0 N–H and O–H groups in total. The lowest BCUT2D eigenvalue weighted by molar-refractivity contribution is 0.715. The van der Waals surface area contributed by atoms with Crippen LogP contribution in [-0.4, -0.2) is 19.1 Å². The predicted octanol–water partition coefficient (Wildman–Crippen LogP) is 9.67. The Morgan fingerprint density at radius 2 is 1.08 bits per heavy atom. The lowest BCUT2D eigenvalue weighted by Crippen LogP contribution is -2.23. The minimum atomic E-state index is -0.393. The summed E-state index contributed by atoms with van der Waals surface area (Å²) >= 11 is 0. The highest BCUT2D eigenvalue weighted by atomic mass is 16.1. The van der Waals surface area contributed by atoms with E-state index < -0.39 is 5.41 Å². The molecule has 50 heavy (non-hydrogen) atoms. The van der Waals surface area contributed by atoms with Gasteiger partial charge in [-0.25, -0.2) is 14.8 Å². The van der Waals surface area contributed by atoms with Crippen LogP contribution in [0.1, 0.15) is 23.6 Å². The Morgan fingerprint density at radius 3 is 1.82 bits per heavy atom. The lowest BCUT2D eigenvalue weighted by atomic mass is 9.72. The number of aryl methyl sites for hydroxylation is 2. The monoisotopic (exact) mass is 646 g/mol. The Morgan fingerprint density at radius 1 is 0.520 bits per heavy atom. The average Bonchev–Trinajstić information content (AvgIpc) is 3.58. The Labute approximate surface area is 290 Å². The van der Waals surface area contributed by atoms with Gasteiger partial charge in [-0.2, -0.15) is 0 Å². The lowest BCUT2D eigenvalue weighted by Gasteiger charge is -2.30. The average molecular weight is 647 g/mol. The number of hydrogen-bond acceptors (Lipinski definition) is 3. The molecule has 0 amide bonds. The van der Waals surface area contributed by atoms with Gasteiger partial charge in [-0.1, -0.05) is 140 Å². The van der Waals surface area contributed by atoms with Gasteiger partial charge >= 0.3 is 5.69 Å². The first-order valence-electron chi connectivity index (χ1n) is 16.9. The van der Waals surface area contributed by atoms with Gasteiger partial charge in [0.25, 0.3) is 0 Å². The summed E-state index contributed by atoms with van der Waals surface area (Å²) in [5.74, 6) is 0.696. The molecule has 0 radical (unpaired) electrons. The van der Waals surface area contributed by atoms with E-state index in [0.29, 0.717) is 5.82 Å². The summed E-state index contributed by atoms with van der Waals surface area (Å²) in [6.07, 6.45) is 0. The zero-order valence-corrected chi connectivity index (χ0v) is 28.1. The van der Waals surface area contributed by atoms with E-state index in [-0.39, 0.29) is 5.69 Å². The Bertz CT molecular complexity index is 2640. The minimum Gasteiger partial charge on any atom is -0.295 e. The van der Waals surface area contributed by atoms with E-state index in [1.807, 2.05) is 44.4 Å². The number of aromatic nitrogens is 4. The SMILES string of the molecule is Cn1c(=O)n(C)c2c(-c3ccc(-c4cc(-c5ccccc5)nc(-c5cccc6c5C(C)(c5ccccc5)c5ccccc5-6)n4)cc3)cccc21. The molecule has 0 bridgehead atoms. The molecule has 2 aromatic heterocycles. The van der Waals surface area contributed by atoms with Crippen molar-refractivity contribution in [2.45, 2.75) is 12.3 Å². The number of hydrogen-bond donors (Lipinski definition) is 0. The van der Waals surface area contributed by atoms with Crippen molar-refractivity contribution in [1.29, 1.82) is 0 Å². The van der Waals surface area contributed by atoms with Crippen molar-refractivity contribution < 1.29 is 0 Å². The van der Waals surface area contributed by atoms with Gasteiger partial charge in [0.15, 0.2) is 5.82 Å². The third-order valence-corrected chi connectivity index (χ3v) is 10.5. The van der Waals surface area contributed by atoms with Gasteiger partial charge in [-0.15, -0.1) is 0 Å². The van der Waals surface area contributed by atoms with Crippen molar-refractivity contribution in [3.63, 3.8) is 0 Å². The van der Waals surface area contributed by atoms with Gasteiger partial charge in [0, 0.05) is 41.8 Å². The normalized spacial score (nSPS) is 14.9. The molecule has 0 fully saturated rings. The van der Waals surface area contributed by atoms with Crippen molar-refractivity contribution in [2.75, 3.05) is 0 Å². The fraction of sp³-hybridized carbons (Fsp3) is 0.0889. The molecule has 5 heteroatoms. The molecule has 2 heterocycles. The summed E-state index contributed by atoms with van der Waals surface area (Å²) in [7, 11) is 3.65. The first kappa shape index (κ1) is 29.8. The second-order valence-corrected chi connectivity index (χ2v) is 13.2. The smallest absolute Gasteiger partial charge is 0.295 e. The van der Waals surface area contributed by atoms with Gasteiger partial charge in [0.1, 0.15) is 0 Å². The first-order chi connectivity index (χ1) is 24.4. The molecule has 1 aliphatic carbocycles. The largest absolute Gasteiger partial charge is 0.328 e. The van der Waals surface area contributed by atoms with Crippen LogP contribution in [0.4, 0.5) is 0 Å². The molecule has 0 aliphatic heterocycles. The van der Waals surface area contributed by atoms with Crippen molar-refractivity contribution >= 4 is 11.0 Å². The second kappa shape index (κ2) is 11.4. The number of rotatable bonds is 5. The van der Waals surface area contributed by atoms with Crippen molar-refractivity contribution in [3.8, 4) is 56.2 Å². The fourth-order valence-electron chi connectivity index (χ4n) is 7.97. The van der Waals surface area contributed by atoms with Crippen LogP contribution in [0, 0.1) is 0 Å². The first-order valence-corrected chi connectivity index (χ1v) is 16.9. The summed E-state index contributed by atoms with van der Waals surface area (Å²) in [4.78, 5) is 23.4. The van der Waals surface area contributed by atoms with E-state index in [1.54, 1.807) is 9.13 Å². The minimum absolute atomic E-state index is 0.0371. The number of fused-ring (bicyclic) bond motifs is 4. The molecule has 5 nitrogen and oxygen atoms in total. The van der Waals surface area contributed by atoms with Crippen LogP contribution < -0.4 is 5.69 Å². The quantitative estimate of drug-likeness (QED) is 0.187. The molecule has 240 valence electrons. The summed E-state index contributed by atoms with van der Waals surface area (Å²) in [6, 6.07) is 53.0. The van der Waals surface area contributed by atoms with E-state index >= 15 is 0 Å². The maximum Gasteiger partial charge on any atom is 0.328 e. The highest BCUT2D eigenvalue weighted by molar-refractivity contribution is 5.93. The van der Waals surface area contributed by atoms with E-state index in [9.17, 15) is 4.79 Å².